The fraction of sp³-hybridized carbons (Fsp3) is 0.440. The molecule has 1 aromatic heterocycles. The number of rotatable bonds is 3. The summed E-state index contributed by atoms with van der Waals surface area (Å²) >= 11 is 0. The molecule has 0 saturated carbocycles. The summed E-state index contributed by atoms with van der Waals surface area (Å²) in [6.45, 7) is 8.93. The van der Waals surface area contributed by atoms with Crippen LogP contribution < -0.4 is 0 Å². The Morgan fingerprint density at radius 1 is 0.875 bits per heavy atom. The van der Waals surface area contributed by atoms with Gasteiger partial charge in [0, 0.05) is 55.6 Å². The molecule has 0 radical (unpaired) electrons. The van der Waals surface area contributed by atoms with E-state index in [1.807, 2.05) is 54.0 Å². The molecule has 0 spiro atoms. The van der Waals surface area contributed by atoms with Gasteiger partial charge >= 0.3 is 0 Å². The van der Waals surface area contributed by atoms with Crippen LogP contribution in [0.25, 0.3) is 21.7 Å². The molecule has 5 rings (SSSR count). The zero-order valence-electron chi connectivity index (χ0n) is 18.7. The van der Waals surface area contributed by atoms with Crippen molar-refractivity contribution in [1.82, 2.24) is 14.7 Å². The number of furan rings is 1. The van der Waals surface area contributed by atoms with Crippen molar-refractivity contribution in [3.8, 4) is 0 Å². The fourth-order valence-corrected chi connectivity index (χ4v) is 4.81. The van der Waals surface area contributed by atoms with E-state index in [0.717, 1.165) is 27.3 Å². The largest absolute Gasteiger partial charge is 0.450 e. The maximum Gasteiger partial charge on any atom is 0.289 e. The molecular weight excluding hydrogens is 406 g/mol. The average molecular weight is 436 g/mol. The zero-order chi connectivity index (χ0) is 22.2. The highest BCUT2D eigenvalue weighted by molar-refractivity contribution is 6.08. The van der Waals surface area contributed by atoms with Crippen LogP contribution in [0.15, 0.2) is 40.8 Å². The van der Waals surface area contributed by atoms with E-state index >= 15 is 0 Å². The molecule has 0 N–H and O–H groups in total. The van der Waals surface area contributed by atoms with Crippen molar-refractivity contribution in [2.75, 3.05) is 52.5 Å². The number of aryl methyl sites for hydroxylation is 1. The van der Waals surface area contributed by atoms with Crippen molar-refractivity contribution in [1.29, 1.82) is 0 Å². The van der Waals surface area contributed by atoms with Gasteiger partial charge in [0.15, 0.2) is 5.76 Å². The predicted molar refractivity (Wildman–Crippen MR) is 123 cm³/mol. The number of benzene rings is 2. The van der Waals surface area contributed by atoms with Crippen LogP contribution in [-0.2, 0) is 9.53 Å². The van der Waals surface area contributed by atoms with Crippen molar-refractivity contribution >= 4 is 33.6 Å². The number of hydrogen-bond donors (Lipinski definition) is 0. The number of fused-ring (bicyclic) bond motifs is 3. The Morgan fingerprint density at radius 2 is 1.59 bits per heavy atom. The molecule has 2 aliphatic heterocycles. The standard InChI is InChI=1S/C25H29N3O4/c1-17-20-8-7-19-5-3-4-6-21(19)23(20)32-22(17)25(30)27-11-9-26(10-12-27)18(2)24(29)28-13-15-31-16-14-28/h3-8,18H,9-16H2,1-2H3. The quantitative estimate of drug-likeness (QED) is 0.633. The summed E-state index contributed by atoms with van der Waals surface area (Å²) in [7, 11) is 0. The Balaban J connectivity index is 1.29. The van der Waals surface area contributed by atoms with Gasteiger partial charge in [0.05, 0.1) is 19.3 Å². The van der Waals surface area contributed by atoms with Crippen molar-refractivity contribution in [2.24, 2.45) is 0 Å². The maximum atomic E-state index is 13.3. The van der Waals surface area contributed by atoms with Gasteiger partial charge in [0.2, 0.25) is 5.91 Å². The van der Waals surface area contributed by atoms with Crippen LogP contribution in [0.5, 0.6) is 0 Å². The second kappa shape index (κ2) is 8.56. The van der Waals surface area contributed by atoms with Crippen molar-refractivity contribution in [3.63, 3.8) is 0 Å². The van der Waals surface area contributed by atoms with Gasteiger partial charge in [-0.25, -0.2) is 0 Å². The van der Waals surface area contributed by atoms with Gasteiger partial charge in [-0.1, -0.05) is 36.4 Å². The van der Waals surface area contributed by atoms with Crippen molar-refractivity contribution in [3.05, 3.63) is 47.7 Å². The molecule has 2 amide bonds. The van der Waals surface area contributed by atoms with E-state index in [2.05, 4.69) is 11.0 Å². The summed E-state index contributed by atoms with van der Waals surface area (Å²) in [6.07, 6.45) is 0. The van der Waals surface area contributed by atoms with Crippen LogP contribution in [-0.4, -0.2) is 85.0 Å². The summed E-state index contributed by atoms with van der Waals surface area (Å²) in [5, 5.41) is 3.10. The highest BCUT2D eigenvalue weighted by Crippen LogP contribution is 2.32. The van der Waals surface area contributed by atoms with Gasteiger partial charge in [0.1, 0.15) is 5.58 Å². The smallest absolute Gasteiger partial charge is 0.289 e. The van der Waals surface area contributed by atoms with E-state index in [1.54, 1.807) is 0 Å². The molecule has 2 aliphatic rings. The highest BCUT2D eigenvalue weighted by Gasteiger charge is 2.32. The summed E-state index contributed by atoms with van der Waals surface area (Å²) in [4.78, 5) is 32.0. The summed E-state index contributed by atoms with van der Waals surface area (Å²) < 4.78 is 11.5. The van der Waals surface area contributed by atoms with Crippen molar-refractivity contribution in [2.45, 2.75) is 19.9 Å². The molecule has 3 heterocycles. The molecule has 32 heavy (non-hydrogen) atoms. The van der Waals surface area contributed by atoms with Gasteiger partial charge in [-0.05, 0) is 19.2 Å². The number of piperazine rings is 1. The van der Waals surface area contributed by atoms with Gasteiger partial charge < -0.3 is 19.0 Å². The first-order valence-electron chi connectivity index (χ1n) is 11.4. The molecule has 1 atom stereocenters. The lowest BCUT2D eigenvalue weighted by atomic mass is 10.1. The van der Waals surface area contributed by atoms with E-state index < -0.39 is 0 Å². The highest BCUT2D eigenvalue weighted by atomic mass is 16.5. The van der Waals surface area contributed by atoms with E-state index in [-0.39, 0.29) is 17.9 Å². The van der Waals surface area contributed by atoms with Gasteiger partial charge in [-0.15, -0.1) is 0 Å². The van der Waals surface area contributed by atoms with E-state index in [0.29, 0.717) is 58.2 Å². The molecule has 2 fully saturated rings. The predicted octanol–water partition coefficient (Wildman–Crippen LogP) is 2.90. The van der Waals surface area contributed by atoms with Crippen molar-refractivity contribution < 1.29 is 18.7 Å². The third kappa shape index (κ3) is 3.65. The Bertz CT molecular complexity index is 1160. The monoisotopic (exact) mass is 435 g/mol. The first-order chi connectivity index (χ1) is 15.5. The molecule has 3 aromatic rings. The number of nitrogens with zero attached hydrogens (tertiary/aromatic N) is 3. The number of morpholine rings is 1. The minimum atomic E-state index is -0.190. The molecule has 168 valence electrons. The van der Waals surface area contributed by atoms with E-state index in [4.69, 9.17) is 9.15 Å². The summed E-state index contributed by atoms with van der Waals surface area (Å²) in [5.74, 6) is 0.491. The third-order valence-corrected chi connectivity index (χ3v) is 6.85. The number of ether oxygens (including phenoxy) is 1. The third-order valence-electron chi connectivity index (χ3n) is 6.85. The molecule has 0 bridgehead atoms. The van der Waals surface area contributed by atoms with E-state index in [1.165, 1.54) is 0 Å². The first-order valence-corrected chi connectivity index (χ1v) is 11.4. The Morgan fingerprint density at radius 3 is 2.34 bits per heavy atom. The lowest BCUT2D eigenvalue weighted by molar-refractivity contribution is -0.141. The zero-order valence-corrected chi connectivity index (χ0v) is 18.7. The molecule has 7 heteroatoms. The molecule has 1 unspecified atom stereocenters. The van der Waals surface area contributed by atoms with Gasteiger partial charge in [0.25, 0.3) is 5.91 Å². The first kappa shape index (κ1) is 21.0. The Labute approximate surface area is 187 Å². The molecular formula is C25H29N3O4. The topological polar surface area (TPSA) is 66.2 Å². The van der Waals surface area contributed by atoms with Gasteiger partial charge in [-0.3, -0.25) is 14.5 Å². The molecule has 7 nitrogen and oxygen atoms in total. The number of carbonyl (C=O) groups excluding carboxylic acids is 2. The van der Waals surface area contributed by atoms with E-state index in [9.17, 15) is 9.59 Å². The SMILES string of the molecule is Cc1c(C(=O)N2CCN(C(C)C(=O)N3CCOCC3)CC2)oc2c1ccc1ccccc12. The molecule has 0 aliphatic carbocycles. The number of hydrogen-bond acceptors (Lipinski definition) is 5. The van der Waals surface area contributed by atoms with Crippen LogP contribution in [0.4, 0.5) is 0 Å². The average Bonchev–Trinajstić information content (AvgIpc) is 3.20. The van der Waals surface area contributed by atoms with Crippen LogP contribution in [0.3, 0.4) is 0 Å². The fourth-order valence-electron chi connectivity index (χ4n) is 4.81. The number of amides is 2. The van der Waals surface area contributed by atoms with Crippen LogP contribution >= 0.6 is 0 Å². The van der Waals surface area contributed by atoms with Crippen LogP contribution in [0.1, 0.15) is 23.0 Å². The Kier molecular flexibility index (Phi) is 5.61. The number of carbonyl (C=O) groups is 2. The lowest BCUT2D eigenvalue weighted by Gasteiger charge is -2.39. The van der Waals surface area contributed by atoms with Gasteiger partial charge in [-0.2, -0.15) is 0 Å². The second-order valence-corrected chi connectivity index (χ2v) is 8.66. The Hall–Kier alpha value is -2.90. The minimum absolute atomic E-state index is 0.0745. The lowest BCUT2D eigenvalue weighted by Crippen LogP contribution is -2.56. The summed E-state index contributed by atoms with van der Waals surface area (Å²) in [5.41, 5.74) is 1.65. The summed E-state index contributed by atoms with van der Waals surface area (Å²) in [6, 6.07) is 12.0. The second-order valence-electron chi connectivity index (χ2n) is 8.66. The minimum Gasteiger partial charge on any atom is -0.450 e. The van der Waals surface area contributed by atoms with Crippen LogP contribution in [0, 0.1) is 6.92 Å². The maximum absolute atomic E-state index is 13.3. The van der Waals surface area contributed by atoms with Crippen LogP contribution in [0.2, 0.25) is 0 Å². The normalized spacial score (nSPS) is 18.9. The molecule has 2 aromatic carbocycles. The molecule has 2 saturated heterocycles.